The smallest absolute Gasteiger partial charge is 0.326 e. The van der Waals surface area contributed by atoms with E-state index >= 15 is 0 Å². The van der Waals surface area contributed by atoms with E-state index in [-0.39, 0.29) is 12.3 Å². The Morgan fingerprint density at radius 1 is 1.41 bits per heavy atom. The zero-order valence-electron chi connectivity index (χ0n) is 9.85. The number of nitrogens with one attached hydrogen (secondary N) is 1. The van der Waals surface area contributed by atoms with Gasteiger partial charge in [-0.15, -0.1) is 0 Å². The van der Waals surface area contributed by atoms with Crippen LogP contribution >= 0.6 is 0 Å². The third-order valence-corrected chi connectivity index (χ3v) is 2.52. The minimum Gasteiger partial charge on any atom is -0.480 e. The maximum atomic E-state index is 11.5. The van der Waals surface area contributed by atoms with Crippen LogP contribution in [-0.2, 0) is 9.59 Å². The van der Waals surface area contributed by atoms with E-state index in [9.17, 15) is 9.59 Å². The summed E-state index contributed by atoms with van der Waals surface area (Å²) in [5.74, 6) is -1.36. The number of aliphatic carboxylic acids is 1. The number of carboxylic acid groups (broad SMARTS) is 1. The van der Waals surface area contributed by atoms with Gasteiger partial charge in [-0.25, -0.2) is 4.79 Å². The van der Waals surface area contributed by atoms with Gasteiger partial charge >= 0.3 is 5.97 Å². The van der Waals surface area contributed by atoms with E-state index in [1.165, 1.54) is 0 Å². The van der Waals surface area contributed by atoms with Crippen LogP contribution in [0.2, 0.25) is 0 Å². The standard InChI is InChI=1S/C10H18N4O3/c1-10(13-14-10)6-8(15)12-7(9(16)17)4-2-3-5-11/h7H,2-6,11H2,1H3,(H,12,15)(H,16,17)/t7-/m0/s1. The molecule has 0 bridgehead atoms. The van der Waals surface area contributed by atoms with Crippen molar-refractivity contribution in [3.8, 4) is 0 Å². The minimum absolute atomic E-state index is 0.105. The fourth-order valence-electron chi connectivity index (χ4n) is 1.46. The fraction of sp³-hybridized carbons (Fsp3) is 0.800. The molecule has 7 heteroatoms. The molecule has 1 heterocycles. The summed E-state index contributed by atoms with van der Waals surface area (Å²) >= 11 is 0. The quantitative estimate of drug-likeness (QED) is 0.529. The van der Waals surface area contributed by atoms with E-state index in [0.29, 0.717) is 19.4 Å². The van der Waals surface area contributed by atoms with Gasteiger partial charge < -0.3 is 16.2 Å². The molecule has 0 aromatic rings. The first-order valence-corrected chi connectivity index (χ1v) is 5.63. The Labute approximate surface area is 99.5 Å². The lowest BCUT2D eigenvalue weighted by molar-refractivity contribution is -0.142. The van der Waals surface area contributed by atoms with Gasteiger partial charge in [-0.05, 0) is 32.7 Å². The number of nitrogens with two attached hydrogens (primary N) is 1. The lowest BCUT2D eigenvalue weighted by Crippen LogP contribution is -2.42. The van der Waals surface area contributed by atoms with Crippen molar-refractivity contribution in [2.45, 2.75) is 44.3 Å². The molecule has 0 fully saturated rings. The highest BCUT2D eigenvalue weighted by atomic mass is 16.4. The summed E-state index contributed by atoms with van der Waals surface area (Å²) in [5.41, 5.74) is 4.69. The van der Waals surface area contributed by atoms with E-state index in [1.54, 1.807) is 6.92 Å². The fourth-order valence-corrected chi connectivity index (χ4v) is 1.46. The second kappa shape index (κ2) is 5.72. The van der Waals surface area contributed by atoms with Gasteiger partial charge in [-0.1, -0.05) is 0 Å². The Hall–Kier alpha value is -1.50. The second-order valence-electron chi connectivity index (χ2n) is 4.34. The van der Waals surface area contributed by atoms with Crippen molar-refractivity contribution in [1.82, 2.24) is 5.32 Å². The average Bonchev–Trinajstić information content (AvgIpc) is 2.94. The van der Waals surface area contributed by atoms with E-state index in [0.717, 1.165) is 6.42 Å². The first-order valence-electron chi connectivity index (χ1n) is 5.63. The Morgan fingerprint density at radius 2 is 2.06 bits per heavy atom. The largest absolute Gasteiger partial charge is 0.480 e. The third-order valence-electron chi connectivity index (χ3n) is 2.52. The summed E-state index contributed by atoms with van der Waals surface area (Å²) in [7, 11) is 0. The Kier molecular flexibility index (Phi) is 4.56. The molecule has 0 spiro atoms. The van der Waals surface area contributed by atoms with Crippen LogP contribution < -0.4 is 11.1 Å². The Morgan fingerprint density at radius 3 is 2.53 bits per heavy atom. The maximum absolute atomic E-state index is 11.5. The van der Waals surface area contributed by atoms with Crippen molar-refractivity contribution in [3.05, 3.63) is 0 Å². The predicted molar refractivity (Wildman–Crippen MR) is 60.3 cm³/mol. The molecule has 4 N–H and O–H groups in total. The van der Waals surface area contributed by atoms with Crippen molar-refractivity contribution in [2.75, 3.05) is 6.54 Å². The number of amides is 1. The monoisotopic (exact) mass is 242 g/mol. The van der Waals surface area contributed by atoms with Gasteiger partial charge in [-0.3, -0.25) is 4.79 Å². The highest BCUT2D eigenvalue weighted by molar-refractivity contribution is 5.84. The molecule has 7 nitrogen and oxygen atoms in total. The highest BCUT2D eigenvalue weighted by Crippen LogP contribution is 2.30. The van der Waals surface area contributed by atoms with Crippen molar-refractivity contribution in [3.63, 3.8) is 0 Å². The molecular weight excluding hydrogens is 224 g/mol. The van der Waals surface area contributed by atoms with Crippen LogP contribution in [0.5, 0.6) is 0 Å². The Balaban J connectivity index is 2.32. The molecule has 1 aliphatic heterocycles. The molecule has 1 rings (SSSR count). The average molecular weight is 242 g/mol. The number of hydrogen-bond donors (Lipinski definition) is 3. The molecule has 0 aromatic carbocycles. The molecule has 1 atom stereocenters. The van der Waals surface area contributed by atoms with Gasteiger partial charge in [0.15, 0.2) is 5.66 Å². The first-order chi connectivity index (χ1) is 7.97. The van der Waals surface area contributed by atoms with Gasteiger partial charge in [0.2, 0.25) is 5.91 Å². The molecule has 0 aliphatic carbocycles. The third kappa shape index (κ3) is 4.90. The van der Waals surface area contributed by atoms with Crippen molar-refractivity contribution in [2.24, 2.45) is 16.0 Å². The van der Waals surface area contributed by atoms with Gasteiger partial charge in [0.05, 0.1) is 6.42 Å². The number of unbranched alkanes of at least 4 members (excludes halogenated alkanes) is 1. The molecule has 17 heavy (non-hydrogen) atoms. The molecule has 96 valence electrons. The topological polar surface area (TPSA) is 117 Å². The number of rotatable bonds is 8. The summed E-state index contributed by atoms with van der Waals surface area (Å²) in [6, 6.07) is -0.851. The van der Waals surface area contributed by atoms with Gasteiger partial charge in [0.25, 0.3) is 0 Å². The molecule has 0 aromatic heterocycles. The molecule has 0 unspecified atom stereocenters. The summed E-state index contributed by atoms with van der Waals surface area (Å²) in [5, 5.41) is 18.8. The van der Waals surface area contributed by atoms with E-state index < -0.39 is 17.7 Å². The van der Waals surface area contributed by atoms with Gasteiger partial charge in [0, 0.05) is 0 Å². The van der Waals surface area contributed by atoms with Gasteiger partial charge in [0.1, 0.15) is 6.04 Å². The van der Waals surface area contributed by atoms with Crippen LogP contribution in [0, 0.1) is 0 Å². The van der Waals surface area contributed by atoms with Crippen molar-refractivity contribution >= 4 is 11.9 Å². The highest BCUT2D eigenvalue weighted by Gasteiger charge is 2.37. The van der Waals surface area contributed by atoms with Crippen LogP contribution in [-0.4, -0.2) is 35.2 Å². The zero-order valence-corrected chi connectivity index (χ0v) is 9.85. The van der Waals surface area contributed by atoms with E-state index in [1.807, 2.05) is 0 Å². The lowest BCUT2D eigenvalue weighted by Gasteiger charge is -2.14. The molecule has 0 radical (unpaired) electrons. The number of hydrogen-bond acceptors (Lipinski definition) is 5. The van der Waals surface area contributed by atoms with Crippen LogP contribution in [0.3, 0.4) is 0 Å². The molecular formula is C10H18N4O3. The minimum atomic E-state index is -1.02. The van der Waals surface area contributed by atoms with Crippen molar-refractivity contribution in [1.29, 1.82) is 0 Å². The second-order valence-corrected chi connectivity index (χ2v) is 4.34. The van der Waals surface area contributed by atoms with E-state index in [4.69, 9.17) is 10.8 Å². The maximum Gasteiger partial charge on any atom is 0.326 e. The first kappa shape index (κ1) is 13.6. The Bertz CT molecular complexity index is 324. The van der Waals surface area contributed by atoms with Crippen LogP contribution in [0.15, 0.2) is 10.2 Å². The number of nitrogens with zero attached hydrogens (tertiary/aromatic N) is 2. The summed E-state index contributed by atoms with van der Waals surface area (Å²) in [6.07, 6.45) is 1.93. The number of carboxylic acids is 1. The molecule has 1 amide bonds. The normalized spacial score (nSPS) is 17.5. The number of carbonyl (C=O) groups is 2. The molecule has 0 saturated heterocycles. The summed E-state index contributed by atoms with van der Waals surface area (Å²) < 4.78 is 0. The molecule has 1 aliphatic rings. The van der Waals surface area contributed by atoms with Crippen LogP contribution in [0.1, 0.15) is 32.6 Å². The van der Waals surface area contributed by atoms with Crippen molar-refractivity contribution < 1.29 is 14.7 Å². The lowest BCUT2D eigenvalue weighted by atomic mass is 10.1. The van der Waals surface area contributed by atoms with Gasteiger partial charge in [-0.2, -0.15) is 10.2 Å². The van der Waals surface area contributed by atoms with E-state index in [2.05, 4.69) is 15.5 Å². The summed E-state index contributed by atoms with van der Waals surface area (Å²) in [6.45, 7) is 2.24. The summed E-state index contributed by atoms with van der Waals surface area (Å²) in [4.78, 5) is 22.4. The van der Waals surface area contributed by atoms with Crippen LogP contribution in [0.4, 0.5) is 0 Å². The van der Waals surface area contributed by atoms with Crippen LogP contribution in [0.25, 0.3) is 0 Å². The number of carbonyl (C=O) groups excluding carboxylic acids is 1. The predicted octanol–water partition coefficient (Wildman–Crippen LogP) is 0.257. The zero-order chi connectivity index (χ0) is 12.9. The SMILES string of the molecule is CC1(CC(=O)N[C@@H](CCCCN)C(=O)O)N=N1. The molecule has 0 saturated carbocycles.